The van der Waals surface area contributed by atoms with Crippen molar-refractivity contribution < 1.29 is 9.84 Å². The summed E-state index contributed by atoms with van der Waals surface area (Å²) >= 11 is 0. The Morgan fingerprint density at radius 2 is 2.25 bits per heavy atom. The molecular weight excluding hydrogens is 226 g/mol. The predicted molar refractivity (Wildman–Crippen MR) is 66.6 cm³/mol. The second-order valence-electron chi connectivity index (χ2n) is 3.89. The summed E-state index contributed by atoms with van der Waals surface area (Å²) < 4.78 is 5.13. The highest BCUT2D eigenvalue weighted by molar-refractivity contribution is 5.85. The minimum Gasteiger partial charge on any atom is -0.504 e. The number of fused-ring (bicyclic) bond motifs is 1. The Morgan fingerprint density at radius 1 is 1.50 bits per heavy atom. The van der Waals surface area contributed by atoms with Crippen LogP contribution < -0.4 is 10.1 Å². The number of hydrogen-bond acceptors (Lipinski definition) is 3. The van der Waals surface area contributed by atoms with Crippen LogP contribution in [0.4, 0.5) is 0 Å². The minimum absolute atomic E-state index is 0. The fourth-order valence-corrected chi connectivity index (χ4v) is 2.19. The first-order valence-electron chi connectivity index (χ1n) is 5.39. The van der Waals surface area contributed by atoms with Crippen LogP contribution in [-0.4, -0.2) is 18.8 Å². The molecule has 16 heavy (non-hydrogen) atoms. The average Bonchev–Trinajstić information content (AvgIpc) is 2.27. The van der Waals surface area contributed by atoms with Crippen molar-refractivity contribution in [3.63, 3.8) is 0 Å². The Balaban J connectivity index is 0.00000128. The molecule has 0 spiro atoms. The summed E-state index contributed by atoms with van der Waals surface area (Å²) in [4.78, 5) is 0. The van der Waals surface area contributed by atoms with E-state index in [0.717, 1.165) is 19.4 Å². The van der Waals surface area contributed by atoms with Gasteiger partial charge in [-0.25, -0.2) is 0 Å². The standard InChI is InChI=1S/C12H17NO2.ClH/c1-3-10-9-7-12(15-2)11(14)6-8(9)4-5-13-10;/h6-7,10,13-14H,3-5H2,1-2H3;1H. The van der Waals surface area contributed by atoms with Crippen LogP contribution in [0.15, 0.2) is 12.1 Å². The van der Waals surface area contributed by atoms with Crippen molar-refractivity contribution in [2.75, 3.05) is 13.7 Å². The molecule has 90 valence electrons. The average molecular weight is 244 g/mol. The lowest BCUT2D eigenvalue weighted by Crippen LogP contribution is -2.29. The lowest BCUT2D eigenvalue weighted by Gasteiger charge is -2.26. The van der Waals surface area contributed by atoms with Gasteiger partial charge in [-0.3, -0.25) is 0 Å². The van der Waals surface area contributed by atoms with Crippen molar-refractivity contribution in [1.29, 1.82) is 0 Å². The number of methoxy groups -OCH3 is 1. The zero-order valence-electron chi connectivity index (χ0n) is 9.62. The number of rotatable bonds is 2. The molecule has 0 aliphatic carbocycles. The third-order valence-electron chi connectivity index (χ3n) is 3.01. The van der Waals surface area contributed by atoms with Gasteiger partial charge in [0.25, 0.3) is 0 Å². The molecule has 1 unspecified atom stereocenters. The summed E-state index contributed by atoms with van der Waals surface area (Å²) in [5.41, 5.74) is 2.50. The van der Waals surface area contributed by atoms with Crippen LogP contribution in [0.5, 0.6) is 11.5 Å². The number of benzene rings is 1. The number of aromatic hydroxyl groups is 1. The Hall–Kier alpha value is -0.930. The zero-order valence-corrected chi connectivity index (χ0v) is 10.4. The van der Waals surface area contributed by atoms with Crippen LogP contribution in [0.25, 0.3) is 0 Å². The van der Waals surface area contributed by atoms with Crippen molar-refractivity contribution >= 4 is 12.4 Å². The Morgan fingerprint density at radius 3 is 2.88 bits per heavy atom. The molecule has 2 rings (SSSR count). The lowest BCUT2D eigenvalue weighted by atomic mass is 9.92. The number of hydrogen-bond donors (Lipinski definition) is 2. The molecule has 0 amide bonds. The molecule has 0 saturated heterocycles. The summed E-state index contributed by atoms with van der Waals surface area (Å²) in [6, 6.07) is 4.17. The molecule has 1 aliphatic heterocycles. The molecule has 0 fully saturated rings. The van der Waals surface area contributed by atoms with Gasteiger partial charge in [-0.1, -0.05) is 6.92 Å². The number of phenols is 1. The maximum absolute atomic E-state index is 9.68. The fraction of sp³-hybridized carbons (Fsp3) is 0.500. The molecule has 0 saturated carbocycles. The van der Waals surface area contributed by atoms with Gasteiger partial charge in [-0.2, -0.15) is 0 Å². The van der Waals surface area contributed by atoms with Gasteiger partial charge in [-0.15, -0.1) is 12.4 Å². The molecule has 1 heterocycles. The number of nitrogens with one attached hydrogen (secondary N) is 1. The molecule has 1 aromatic carbocycles. The summed E-state index contributed by atoms with van der Waals surface area (Å²) in [5.74, 6) is 0.809. The number of halogens is 1. The second-order valence-corrected chi connectivity index (χ2v) is 3.89. The Bertz CT molecular complexity index is 368. The van der Waals surface area contributed by atoms with Gasteiger partial charge in [0, 0.05) is 6.04 Å². The van der Waals surface area contributed by atoms with Crippen molar-refractivity contribution in [2.24, 2.45) is 0 Å². The summed E-state index contributed by atoms with van der Waals surface area (Å²) in [7, 11) is 1.58. The first kappa shape index (κ1) is 13.1. The highest BCUT2D eigenvalue weighted by atomic mass is 35.5. The van der Waals surface area contributed by atoms with Gasteiger partial charge in [0.05, 0.1) is 7.11 Å². The van der Waals surface area contributed by atoms with Gasteiger partial charge in [0.15, 0.2) is 11.5 Å². The largest absolute Gasteiger partial charge is 0.504 e. The van der Waals surface area contributed by atoms with E-state index in [1.165, 1.54) is 11.1 Å². The van der Waals surface area contributed by atoms with Crippen molar-refractivity contribution in [1.82, 2.24) is 5.32 Å². The first-order chi connectivity index (χ1) is 7.26. The lowest BCUT2D eigenvalue weighted by molar-refractivity contribution is 0.369. The highest BCUT2D eigenvalue weighted by Gasteiger charge is 2.20. The SMILES string of the molecule is CCC1NCCc2cc(O)c(OC)cc21.Cl. The van der Waals surface area contributed by atoms with Crippen LogP contribution in [-0.2, 0) is 6.42 Å². The normalized spacial score (nSPS) is 18.5. The van der Waals surface area contributed by atoms with E-state index in [1.807, 2.05) is 12.1 Å². The predicted octanol–water partition coefficient (Wildman–Crippen LogP) is 2.42. The monoisotopic (exact) mass is 243 g/mol. The smallest absolute Gasteiger partial charge is 0.160 e. The zero-order chi connectivity index (χ0) is 10.8. The number of ether oxygens (including phenoxy) is 1. The molecule has 3 nitrogen and oxygen atoms in total. The Labute approximate surface area is 102 Å². The molecule has 1 aliphatic rings. The van der Waals surface area contributed by atoms with E-state index >= 15 is 0 Å². The molecule has 4 heteroatoms. The second kappa shape index (κ2) is 5.41. The summed E-state index contributed by atoms with van der Waals surface area (Å²) in [6.45, 7) is 3.14. The van der Waals surface area contributed by atoms with Crippen molar-refractivity contribution in [3.05, 3.63) is 23.3 Å². The summed E-state index contributed by atoms with van der Waals surface area (Å²) in [5, 5.41) is 13.1. The Kier molecular flexibility index (Phi) is 4.44. The summed E-state index contributed by atoms with van der Waals surface area (Å²) in [6.07, 6.45) is 2.03. The fourth-order valence-electron chi connectivity index (χ4n) is 2.19. The van der Waals surface area contributed by atoms with Crippen LogP contribution >= 0.6 is 12.4 Å². The van der Waals surface area contributed by atoms with Gasteiger partial charge in [0.2, 0.25) is 0 Å². The van der Waals surface area contributed by atoms with Gasteiger partial charge < -0.3 is 15.2 Å². The van der Waals surface area contributed by atoms with E-state index in [9.17, 15) is 5.11 Å². The topological polar surface area (TPSA) is 41.5 Å². The van der Waals surface area contributed by atoms with E-state index in [2.05, 4.69) is 12.2 Å². The highest BCUT2D eigenvalue weighted by Crippen LogP contribution is 2.35. The third-order valence-corrected chi connectivity index (χ3v) is 3.01. The van der Waals surface area contributed by atoms with Crippen LogP contribution in [0, 0.1) is 0 Å². The third kappa shape index (κ3) is 2.25. The molecule has 1 aromatic rings. The van der Waals surface area contributed by atoms with Gasteiger partial charge in [0.1, 0.15) is 0 Å². The maximum atomic E-state index is 9.68. The van der Waals surface area contributed by atoms with Crippen molar-refractivity contribution in [3.8, 4) is 11.5 Å². The van der Waals surface area contributed by atoms with Gasteiger partial charge >= 0.3 is 0 Å². The van der Waals surface area contributed by atoms with Crippen molar-refractivity contribution in [2.45, 2.75) is 25.8 Å². The quantitative estimate of drug-likeness (QED) is 0.838. The van der Waals surface area contributed by atoms with E-state index in [1.54, 1.807) is 7.11 Å². The van der Waals surface area contributed by atoms with Crippen LogP contribution in [0.3, 0.4) is 0 Å². The molecule has 0 aromatic heterocycles. The molecule has 0 radical (unpaired) electrons. The molecule has 0 bridgehead atoms. The van der Waals surface area contributed by atoms with Gasteiger partial charge in [-0.05, 0) is 42.6 Å². The maximum Gasteiger partial charge on any atom is 0.160 e. The molecule has 1 atom stereocenters. The van der Waals surface area contributed by atoms with E-state index in [0.29, 0.717) is 11.8 Å². The van der Waals surface area contributed by atoms with Crippen LogP contribution in [0.1, 0.15) is 30.5 Å². The van der Waals surface area contributed by atoms with Crippen LogP contribution in [0.2, 0.25) is 0 Å². The molecule has 2 N–H and O–H groups in total. The van der Waals surface area contributed by atoms with E-state index in [-0.39, 0.29) is 18.2 Å². The minimum atomic E-state index is 0. The first-order valence-corrected chi connectivity index (χ1v) is 5.39. The van der Waals surface area contributed by atoms with E-state index < -0.39 is 0 Å². The number of phenolic OH excluding ortho intramolecular Hbond substituents is 1. The van der Waals surface area contributed by atoms with E-state index in [4.69, 9.17) is 4.74 Å². The molecular formula is C12H18ClNO2.